The van der Waals surface area contributed by atoms with Gasteiger partial charge in [-0.2, -0.15) is 0 Å². The van der Waals surface area contributed by atoms with Crippen molar-refractivity contribution in [1.29, 1.82) is 0 Å². The van der Waals surface area contributed by atoms with Crippen molar-refractivity contribution >= 4 is 5.91 Å². The van der Waals surface area contributed by atoms with Crippen LogP contribution < -0.4 is 5.32 Å². The van der Waals surface area contributed by atoms with Crippen molar-refractivity contribution in [2.24, 2.45) is 0 Å². The minimum atomic E-state index is 0.275. The monoisotopic (exact) mass is 156 g/mol. The average Bonchev–Trinajstić information content (AvgIpc) is 1.98. The van der Waals surface area contributed by atoms with Gasteiger partial charge in [0.1, 0.15) is 0 Å². The van der Waals surface area contributed by atoms with E-state index in [2.05, 4.69) is 5.32 Å². The number of hydrogen-bond donors (Lipinski definition) is 1. The molecule has 0 bridgehead atoms. The maximum Gasteiger partial charge on any atom is 0.236 e. The summed E-state index contributed by atoms with van der Waals surface area (Å²) in [5.74, 6) is 0.275. The van der Waals surface area contributed by atoms with Crippen molar-refractivity contribution in [3.8, 4) is 0 Å². The molecule has 0 aromatic heterocycles. The molecular formula is C8H16N2O. The SMILES string of the molecule is CC.O=C1CNCC2CCN12. The molecule has 2 aliphatic heterocycles. The van der Waals surface area contributed by atoms with E-state index in [0.717, 1.165) is 13.1 Å². The van der Waals surface area contributed by atoms with E-state index in [1.54, 1.807) is 0 Å². The van der Waals surface area contributed by atoms with Gasteiger partial charge in [0.2, 0.25) is 5.91 Å². The van der Waals surface area contributed by atoms with Gasteiger partial charge in [0.05, 0.1) is 6.54 Å². The molecule has 0 aliphatic carbocycles. The molecule has 2 fully saturated rings. The molecule has 0 aromatic carbocycles. The third-order valence-electron chi connectivity index (χ3n) is 2.12. The predicted octanol–water partition coefficient (Wildman–Crippen LogP) is 0.217. The number of nitrogens with zero attached hydrogens (tertiary/aromatic N) is 1. The number of fused-ring (bicyclic) bond motifs is 1. The van der Waals surface area contributed by atoms with Gasteiger partial charge in [-0.15, -0.1) is 0 Å². The first-order valence-electron chi connectivity index (χ1n) is 4.38. The van der Waals surface area contributed by atoms with Crippen LogP contribution in [0.1, 0.15) is 20.3 Å². The van der Waals surface area contributed by atoms with Crippen molar-refractivity contribution in [2.45, 2.75) is 26.3 Å². The second-order valence-corrected chi connectivity index (χ2v) is 2.66. The zero-order valence-electron chi connectivity index (χ0n) is 7.26. The maximum atomic E-state index is 10.9. The Morgan fingerprint density at radius 2 is 2.27 bits per heavy atom. The first kappa shape index (κ1) is 8.53. The van der Waals surface area contributed by atoms with Crippen LogP contribution in [0, 0.1) is 0 Å². The number of rotatable bonds is 0. The smallest absolute Gasteiger partial charge is 0.236 e. The third-order valence-corrected chi connectivity index (χ3v) is 2.12. The summed E-state index contributed by atoms with van der Waals surface area (Å²) < 4.78 is 0. The molecule has 64 valence electrons. The van der Waals surface area contributed by atoms with E-state index in [9.17, 15) is 4.79 Å². The molecule has 1 unspecified atom stereocenters. The van der Waals surface area contributed by atoms with Gasteiger partial charge >= 0.3 is 0 Å². The summed E-state index contributed by atoms with van der Waals surface area (Å²) in [6.07, 6.45) is 1.19. The van der Waals surface area contributed by atoms with Gasteiger partial charge in [-0.05, 0) is 6.42 Å². The molecule has 0 aromatic rings. The Morgan fingerprint density at radius 1 is 1.55 bits per heavy atom. The molecule has 1 N–H and O–H groups in total. The van der Waals surface area contributed by atoms with E-state index in [1.807, 2.05) is 18.7 Å². The van der Waals surface area contributed by atoms with Crippen molar-refractivity contribution in [1.82, 2.24) is 10.2 Å². The van der Waals surface area contributed by atoms with Crippen molar-refractivity contribution < 1.29 is 4.79 Å². The minimum absolute atomic E-state index is 0.275. The summed E-state index contributed by atoms with van der Waals surface area (Å²) in [7, 11) is 0. The van der Waals surface area contributed by atoms with Crippen LogP contribution >= 0.6 is 0 Å². The highest BCUT2D eigenvalue weighted by molar-refractivity contribution is 5.80. The van der Waals surface area contributed by atoms with Crippen molar-refractivity contribution in [2.75, 3.05) is 19.6 Å². The Balaban J connectivity index is 0.000000281. The van der Waals surface area contributed by atoms with Gasteiger partial charge in [-0.25, -0.2) is 0 Å². The van der Waals surface area contributed by atoms with E-state index in [4.69, 9.17) is 0 Å². The van der Waals surface area contributed by atoms with Crippen LogP contribution in [0.25, 0.3) is 0 Å². The van der Waals surface area contributed by atoms with Gasteiger partial charge in [-0.3, -0.25) is 4.79 Å². The molecule has 3 heteroatoms. The Bertz CT molecular complexity index is 147. The Kier molecular flexibility index (Phi) is 2.88. The standard InChI is InChI=1S/C6H10N2O.C2H6/c9-6-4-7-3-5-1-2-8(5)6;1-2/h5,7H,1-4H2;1-2H3. The number of piperazine rings is 1. The zero-order chi connectivity index (χ0) is 8.27. The van der Waals surface area contributed by atoms with Crippen molar-refractivity contribution in [3.05, 3.63) is 0 Å². The molecular weight excluding hydrogens is 140 g/mol. The van der Waals surface area contributed by atoms with E-state index in [-0.39, 0.29) is 5.91 Å². The lowest BCUT2D eigenvalue weighted by Gasteiger charge is -2.44. The minimum Gasteiger partial charge on any atom is -0.337 e. The second kappa shape index (κ2) is 3.72. The highest BCUT2D eigenvalue weighted by Crippen LogP contribution is 2.18. The molecule has 2 saturated heterocycles. The van der Waals surface area contributed by atoms with Crippen LogP contribution in [0.2, 0.25) is 0 Å². The number of nitrogens with one attached hydrogen (secondary N) is 1. The van der Waals surface area contributed by atoms with Gasteiger partial charge in [0.15, 0.2) is 0 Å². The first-order chi connectivity index (χ1) is 5.38. The summed E-state index contributed by atoms with van der Waals surface area (Å²) >= 11 is 0. The fourth-order valence-electron chi connectivity index (χ4n) is 1.43. The van der Waals surface area contributed by atoms with Crippen LogP contribution in [0.15, 0.2) is 0 Å². The molecule has 2 rings (SSSR count). The van der Waals surface area contributed by atoms with E-state index >= 15 is 0 Å². The molecule has 2 heterocycles. The van der Waals surface area contributed by atoms with Crippen LogP contribution in [0.4, 0.5) is 0 Å². The van der Waals surface area contributed by atoms with Gasteiger partial charge in [0, 0.05) is 19.1 Å². The topological polar surface area (TPSA) is 32.3 Å². The van der Waals surface area contributed by atoms with Crippen LogP contribution in [-0.2, 0) is 4.79 Å². The lowest BCUT2D eigenvalue weighted by molar-refractivity contribution is -0.140. The summed E-state index contributed by atoms with van der Waals surface area (Å²) in [5.41, 5.74) is 0. The van der Waals surface area contributed by atoms with Gasteiger partial charge < -0.3 is 10.2 Å². The lowest BCUT2D eigenvalue weighted by Crippen LogP contribution is -2.62. The summed E-state index contributed by atoms with van der Waals surface area (Å²) in [6.45, 7) is 6.55. The van der Waals surface area contributed by atoms with Crippen molar-refractivity contribution in [3.63, 3.8) is 0 Å². The van der Waals surface area contributed by atoms with E-state index < -0.39 is 0 Å². The molecule has 0 radical (unpaired) electrons. The summed E-state index contributed by atoms with van der Waals surface area (Å²) in [5, 5.41) is 3.07. The molecule has 1 atom stereocenters. The number of hydrogen-bond acceptors (Lipinski definition) is 2. The molecule has 2 aliphatic rings. The van der Waals surface area contributed by atoms with Crippen LogP contribution in [0.5, 0.6) is 0 Å². The Morgan fingerprint density at radius 3 is 2.64 bits per heavy atom. The van der Waals surface area contributed by atoms with E-state index in [1.165, 1.54) is 6.42 Å². The predicted molar refractivity (Wildman–Crippen MR) is 44.3 cm³/mol. The molecule has 0 spiro atoms. The first-order valence-corrected chi connectivity index (χ1v) is 4.38. The van der Waals surface area contributed by atoms with Gasteiger partial charge in [0.25, 0.3) is 0 Å². The zero-order valence-corrected chi connectivity index (χ0v) is 7.26. The molecule has 1 amide bonds. The summed E-state index contributed by atoms with van der Waals surface area (Å²) in [6, 6.07) is 0.534. The van der Waals surface area contributed by atoms with E-state index in [0.29, 0.717) is 12.6 Å². The molecule has 11 heavy (non-hydrogen) atoms. The fraction of sp³-hybridized carbons (Fsp3) is 0.875. The second-order valence-electron chi connectivity index (χ2n) is 2.66. The largest absolute Gasteiger partial charge is 0.337 e. The quantitative estimate of drug-likeness (QED) is 0.544. The lowest BCUT2D eigenvalue weighted by atomic mass is 10.0. The number of carbonyl (C=O) groups excluding carboxylic acids is 1. The molecule has 0 saturated carbocycles. The van der Waals surface area contributed by atoms with Crippen LogP contribution in [0.3, 0.4) is 0 Å². The highest BCUT2D eigenvalue weighted by Gasteiger charge is 2.34. The highest BCUT2D eigenvalue weighted by atomic mass is 16.2. The Hall–Kier alpha value is -0.570. The third kappa shape index (κ3) is 1.53. The summed E-state index contributed by atoms with van der Waals surface area (Å²) in [4.78, 5) is 12.9. The van der Waals surface area contributed by atoms with Crippen LogP contribution in [-0.4, -0.2) is 36.5 Å². The van der Waals surface area contributed by atoms with Gasteiger partial charge in [-0.1, -0.05) is 13.8 Å². The Labute approximate surface area is 67.8 Å². The molecule has 3 nitrogen and oxygen atoms in total. The number of amides is 1. The average molecular weight is 156 g/mol. The fourth-order valence-corrected chi connectivity index (χ4v) is 1.43. The normalized spacial score (nSPS) is 28.0. The maximum absolute atomic E-state index is 10.9. The number of carbonyl (C=O) groups is 1.